The van der Waals surface area contributed by atoms with Crippen molar-refractivity contribution in [2.24, 2.45) is 0 Å². The number of fused-ring (bicyclic) bond motifs is 1. The molecule has 21 heavy (non-hydrogen) atoms. The minimum absolute atomic E-state index is 0.212. The Hall–Kier alpha value is -1.59. The van der Waals surface area contributed by atoms with Crippen LogP contribution in [0.25, 0.3) is 0 Å². The lowest BCUT2D eigenvalue weighted by Crippen LogP contribution is -2.47. The highest BCUT2D eigenvalue weighted by Crippen LogP contribution is 2.36. The number of hydrogen-bond donors (Lipinski definition) is 3. The van der Waals surface area contributed by atoms with Crippen molar-refractivity contribution < 1.29 is 14.6 Å². The lowest BCUT2D eigenvalue weighted by molar-refractivity contribution is 0.0242. The van der Waals surface area contributed by atoms with Gasteiger partial charge in [0.05, 0.1) is 12.1 Å². The van der Waals surface area contributed by atoms with Gasteiger partial charge in [0.2, 0.25) is 0 Å². The molecule has 2 rings (SSSR count). The van der Waals surface area contributed by atoms with E-state index in [0.29, 0.717) is 13.0 Å². The average molecular weight is 292 g/mol. The predicted molar refractivity (Wildman–Crippen MR) is 81.1 cm³/mol. The van der Waals surface area contributed by atoms with E-state index in [-0.39, 0.29) is 12.6 Å². The maximum atomic E-state index is 11.8. The number of ether oxygens (including phenoxy) is 1. The minimum atomic E-state index is -0.968. The summed E-state index contributed by atoms with van der Waals surface area (Å²) in [5.41, 5.74) is 0.698. The molecule has 1 aliphatic rings. The molecule has 2 amide bonds. The van der Waals surface area contributed by atoms with Crippen molar-refractivity contribution in [2.75, 3.05) is 20.2 Å². The first-order valence-electron chi connectivity index (χ1n) is 7.24. The number of urea groups is 1. The highest BCUT2D eigenvalue weighted by Gasteiger charge is 2.36. The summed E-state index contributed by atoms with van der Waals surface area (Å²) < 4.78 is 5.24. The number of amides is 2. The van der Waals surface area contributed by atoms with Gasteiger partial charge in [0.1, 0.15) is 5.60 Å². The lowest BCUT2D eigenvalue weighted by Gasteiger charge is -2.26. The van der Waals surface area contributed by atoms with Crippen molar-refractivity contribution in [3.63, 3.8) is 0 Å². The lowest BCUT2D eigenvalue weighted by atomic mass is 9.96. The van der Waals surface area contributed by atoms with Crippen LogP contribution in [0.4, 0.5) is 4.79 Å². The summed E-state index contributed by atoms with van der Waals surface area (Å²) in [5, 5.41) is 16.2. The molecule has 5 nitrogen and oxygen atoms in total. The maximum Gasteiger partial charge on any atom is 0.315 e. The number of aryl methyl sites for hydroxylation is 1. The van der Waals surface area contributed by atoms with Crippen LogP contribution in [0.15, 0.2) is 24.3 Å². The van der Waals surface area contributed by atoms with E-state index in [2.05, 4.69) is 10.6 Å². The molecule has 5 heteroatoms. The maximum absolute atomic E-state index is 11.8. The highest BCUT2D eigenvalue weighted by atomic mass is 16.5. The molecule has 1 atom stereocenters. The van der Waals surface area contributed by atoms with Gasteiger partial charge in [-0.2, -0.15) is 0 Å². The van der Waals surface area contributed by atoms with E-state index in [1.54, 1.807) is 7.11 Å². The molecule has 0 bridgehead atoms. The monoisotopic (exact) mass is 292 g/mol. The van der Waals surface area contributed by atoms with Crippen LogP contribution >= 0.6 is 0 Å². The number of benzene rings is 1. The van der Waals surface area contributed by atoms with E-state index < -0.39 is 11.2 Å². The fourth-order valence-corrected chi connectivity index (χ4v) is 2.51. The first-order chi connectivity index (χ1) is 9.86. The molecule has 1 aromatic carbocycles. The second-order valence-electron chi connectivity index (χ2n) is 6.19. The summed E-state index contributed by atoms with van der Waals surface area (Å²) >= 11 is 0. The zero-order valence-corrected chi connectivity index (χ0v) is 12.9. The molecule has 0 heterocycles. The molecule has 0 aliphatic heterocycles. The molecule has 0 saturated carbocycles. The van der Waals surface area contributed by atoms with Gasteiger partial charge >= 0.3 is 6.03 Å². The smallest absolute Gasteiger partial charge is 0.315 e. The summed E-state index contributed by atoms with van der Waals surface area (Å²) in [6.07, 6.45) is 1.48. The van der Waals surface area contributed by atoms with Crippen molar-refractivity contribution in [1.29, 1.82) is 0 Å². The van der Waals surface area contributed by atoms with Crippen molar-refractivity contribution in [2.45, 2.75) is 37.9 Å². The van der Waals surface area contributed by atoms with Crippen LogP contribution < -0.4 is 10.6 Å². The van der Waals surface area contributed by atoms with Crippen LogP contribution in [-0.2, 0) is 16.8 Å². The number of rotatable bonds is 5. The molecule has 0 unspecified atom stereocenters. The molecule has 0 radical (unpaired) electrons. The van der Waals surface area contributed by atoms with Crippen molar-refractivity contribution >= 4 is 6.03 Å². The van der Waals surface area contributed by atoms with Gasteiger partial charge < -0.3 is 20.5 Å². The van der Waals surface area contributed by atoms with Gasteiger partial charge in [0, 0.05) is 13.7 Å². The predicted octanol–water partition coefficient (Wildman–Crippen LogP) is 1.54. The van der Waals surface area contributed by atoms with Gasteiger partial charge in [0.25, 0.3) is 0 Å². The van der Waals surface area contributed by atoms with Gasteiger partial charge in [-0.15, -0.1) is 0 Å². The zero-order valence-electron chi connectivity index (χ0n) is 12.9. The third-order valence-corrected chi connectivity index (χ3v) is 4.10. The second-order valence-corrected chi connectivity index (χ2v) is 6.19. The Labute approximate surface area is 125 Å². The Morgan fingerprint density at radius 3 is 2.81 bits per heavy atom. The SMILES string of the molecule is COC(C)(C)CNC(=O)NC[C@@]1(O)CCc2ccccc21. The van der Waals surface area contributed by atoms with Crippen LogP contribution in [0.1, 0.15) is 31.4 Å². The quantitative estimate of drug-likeness (QED) is 0.771. The Kier molecular flexibility index (Phi) is 4.54. The summed E-state index contributed by atoms with van der Waals surface area (Å²) in [5.74, 6) is 0. The van der Waals surface area contributed by atoms with Crippen LogP contribution in [0.3, 0.4) is 0 Å². The Morgan fingerprint density at radius 1 is 1.38 bits per heavy atom. The number of carbonyl (C=O) groups is 1. The van der Waals surface area contributed by atoms with E-state index >= 15 is 0 Å². The summed E-state index contributed by atoms with van der Waals surface area (Å²) in [7, 11) is 1.61. The third-order valence-electron chi connectivity index (χ3n) is 4.10. The Bertz CT molecular complexity index is 516. The van der Waals surface area contributed by atoms with Gasteiger partial charge in [-0.05, 0) is 37.8 Å². The number of methoxy groups -OCH3 is 1. The number of hydrogen-bond acceptors (Lipinski definition) is 3. The molecule has 0 fully saturated rings. The van der Waals surface area contributed by atoms with E-state index in [1.807, 2.05) is 38.1 Å². The first kappa shape index (κ1) is 15.8. The fraction of sp³-hybridized carbons (Fsp3) is 0.562. The first-order valence-corrected chi connectivity index (χ1v) is 7.24. The van der Waals surface area contributed by atoms with Crippen LogP contribution in [0.2, 0.25) is 0 Å². The molecular formula is C16H24N2O3. The molecular weight excluding hydrogens is 268 g/mol. The molecule has 116 valence electrons. The normalized spacial score (nSPS) is 21.0. The van der Waals surface area contributed by atoms with E-state index in [0.717, 1.165) is 17.5 Å². The molecule has 0 spiro atoms. The van der Waals surface area contributed by atoms with Gasteiger partial charge in [0.15, 0.2) is 0 Å². The highest BCUT2D eigenvalue weighted by molar-refractivity contribution is 5.74. The molecule has 0 saturated heterocycles. The molecule has 1 aliphatic carbocycles. The fourth-order valence-electron chi connectivity index (χ4n) is 2.51. The molecule has 1 aromatic rings. The standard InChI is InChI=1S/C16H24N2O3/c1-15(2,21-3)10-17-14(19)18-11-16(20)9-8-12-6-4-5-7-13(12)16/h4-7,20H,8-11H2,1-3H3,(H2,17,18,19)/t16-/m0/s1. The van der Waals surface area contributed by atoms with Gasteiger partial charge in [-0.25, -0.2) is 4.79 Å². The summed E-state index contributed by atoms with van der Waals surface area (Å²) in [4.78, 5) is 11.8. The Morgan fingerprint density at radius 2 is 2.10 bits per heavy atom. The largest absolute Gasteiger partial charge is 0.383 e. The number of nitrogens with one attached hydrogen (secondary N) is 2. The third kappa shape index (κ3) is 3.74. The molecule has 0 aromatic heterocycles. The second kappa shape index (κ2) is 6.03. The van der Waals surface area contributed by atoms with Crippen LogP contribution in [0, 0.1) is 0 Å². The van der Waals surface area contributed by atoms with E-state index in [1.165, 1.54) is 0 Å². The van der Waals surface area contributed by atoms with Crippen molar-refractivity contribution in [3.8, 4) is 0 Å². The summed E-state index contributed by atoms with van der Waals surface area (Å²) in [6.45, 7) is 4.41. The van der Waals surface area contributed by atoms with Gasteiger partial charge in [-0.1, -0.05) is 24.3 Å². The topological polar surface area (TPSA) is 70.6 Å². The van der Waals surface area contributed by atoms with E-state index in [9.17, 15) is 9.90 Å². The number of carbonyl (C=O) groups excluding carboxylic acids is 1. The molecule has 3 N–H and O–H groups in total. The van der Waals surface area contributed by atoms with Crippen LogP contribution in [-0.4, -0.2) is 36.9 Å². The zero-order chi connectivity index (χ0) is 15.5. The Balaban J connectivity index is 1.88. The number of aliphatic hydroxyl groups is 1. The summed E-state index contributed by atoms with van der Waals surface area (Å²) in [6, 6.07) is 7.54. The minimum Gasteiger partial charge on any atom is -0.383 e. The van der Waals surface area contributed by atoms with Crippen LogP contribution in [0.5, 0.6) is 0 Å². The van der Waals surface area contributed by atoms with Gasteiger partial charge in [-0.3, -0.25) is 0 Å². The van der Waals surface area contributed by atoms with Crippen molar-refractivity contribution in [1.82, 2.24) is 10.6 Å². The van der Waals surface area contributed by atoms with Crippen molar-refractivity contribution in [3.05, 3.63) is 35.4 Å². The van der Waals surface area contributed by atoms with E-state index in [4.69, 9.17) is 4.74 Å². The average Bonchev–Trinajstić information content (AvgIpc) is 2.82.